The minimum absolute atomic E-state index is 0.144. The number of anilines is 1. The van der Waals surface area contributed by atoms with Gasteiger partial charge in [0.2, 0.25) is 0 Å². The van der Waals surface area contributed by atoms with E-state index in [1.165, 1.54) is 0 Å². The Labute approximate surface area is 113 Å². The monoisotopic (exact) mass is 264 g/mol. The first-order chi connectivity index (χ1) is 8.72. The highest BCUT2D eigenvalue weighted by atomic mass is 32.2. The molecule has 0 saturated heterocycles. The van der Waals surface area contributed by atoms with E-state index in [4.69, 9.17) is 5.73 Å². The second kappa shape index (κ2) is 6.14. The van der Waals surface area contributed by atoms with Crippen molar-refractivity contribution in [2.45, 2.75) is 19.8 Å². The molecule has 98 valence electrons. The first-order valence-electron chi connectivity index (χ1n) is 6.47. The molecule has 0 aromatic heterocycles. The van der Waals surface area contributed by atoms with Crippen LogP contribution < -0.4 is 5.73 Å². The summed E-state index contributed by atoms with van der Waals surface area (Å²) in [5.74, 6) is 2.42. The molecule has 0 unspecified atom stereocenters. The quantitative estimate of drug-likeness (QED) is 0.656. The first-order valence-corrected chi connectivity index (χ1v) is 7.63. The summed E-state index contributed by atoms with van der Waals surface area (Å²) in [6.45, 7) is 3.86. The van der Waals surface area contributed by atoms with E-state index in [1.54, 1.807) is 0 Å². The molecule has 1 aromatic carbocycles. The molecule has 0 spiro atoms. The van der Waals surface area contributed by atoms with Gasteiger partial charge in [0.25, 0.3) is 5.91 Å². The second-order valence-electron chi connectivity index (χ2n) is 4.51. The van der Waals surface area contributed by atoms with Crippen molar-refractivity contribution in [1.29, 1.82) is 0 Å². The van der Waals surface area contributed by atoms with Crippen LogP contribution in [0.25, 0.3) is 0 Å². The molecule has 0 radical (unpaired) electrons. The highest BCUT2D eigenvalue weighted by molar-refractivity contribution is 7.99. The van der Waals surface area contributed by atoms with Crippen LogP contribution >= 0.6 is 11.8 Å². The average molecular weight is 264 g/mol. The highest BCUT2D eigenvalue weighted by Gasteiger charge is 2.23. The van der Waals surface area contributed by atoms with E-state index in [0.717, 1.165) is 48.6 Å². The predicted octanol–water partition coefficient (Wildman–Crippen LogP) is 2.41. The number of rotatable bonds is 5. The molecule has 0 saturated carbocycles. The minimum Gasteiger partial charge on any atom is -0.399 e. The summed E-state index contributed by atoms with van der Waals surface area (Å²) in [6.07, 6.45) is 2.02. The molecule has 1 amide bonds. The van der Waals surface area contributed by atoms with Crippen LogP contribution in [0, 0.1) is 0 Å². The lowest BCUT2D eigenvalue weighted by Crippen LogP contribution is -2.38. The van der Waals surface area contributed by atoms with Crippen LogP contribution in [-0.2, 0) is 6.42 Å². The molecule has 1 heterocycles. The number of nitrogen functional groups attached to an aromatic ring is 1. The Balaban J connectivity index is 1.99. The number of thioether (sulfide) groups is 1. The largest absolute Gasteiger partial charge is 0.399 e. The van der Waals surface area contributed by atoms with Crippen LogP contribution in [0.1, 0.15) is 29.3 Å². The van der Waals surface area contributed by atoms with Crippen molar-refractivity contribution in [1.82, 2.24) is 4.90 Å². The number of benzene rings is 1. The Kier molecular flexibility index (Phi) is 4.53. The van der Waals surface area contributed by atoms with Crippen LogP contribution in [0.2, 0.25) is 0 Å². The highest BCUT2D eigenvalue weighted by Crippen LogP contribution is 2.21. The molecule has 4 heteroatoms. The second-order valence-corrected chi connectivity index (χ2v) is 5.90. The Hall–Kier alpha value is -1.16. The van der Waals surface area contributed by atoms with E-state index in [1.807, 2.05) is 34.9 Å². The molecule has 0 atom stereocenters. The lowest BCUT2D eigenvalue weighted by atomic mass is 9.98. The maximum atomic E-state index is 12.3. The molecule has 0 aliphatic carbocycles. The molecule has 2 rings (SSSR count). The number of nitrogens with two attached hydrogens (primary N) is 1. The van der Waals surface area contributed by atoms with Crippen molar-refractivity contribution in [2.24, 2.45) is 0 Å². The van der Waals surface area contributed by atoms with E-state index in [9.17, 15) is 4.79 Å². The van der Waals surface area contributed by atoms with Crippen LogP contribution in [0.3, 0.4) is 0 Å². The maximum Gasteiger partial charge on any atom is 0.254 e. The smallest absolute Gasteiger partial charge is 0.254 e. The summed E-state index contributed by atoms with van der Waals surface area (Å²) in [7, 11) is 0. The van der Waals surface area contributed by atoms with Gasteiger partial charge in [-0.3, -0.25) is 4.79 Å². The van der Waals surface area contributed by atoms with E-state index >= 15 is 0 Å². The maximum absolute atomic E-state index is 12.3. The molecule has 18 heavy (non-hydrogen) atoms. The number of nitrogens with zero attached hydrogens (tertiary/aromatic N) is 1. The summed E-state index contributed by atoms with van der Waals surface area (Å²) in [5, 5.41) is 0. The fourth-order valence-electron chi connectivity index (χ4n) is 2.25. The predicted molar refractivity (Wildman–Crippen MR) is 78.1 cm³/mol. The first kappa shape index (κ1) is 13.3. The van der Waals surface area contributed by atoms with Crippen molar-refractivity contribution in [3.63, 3.8) is 0 Å². The molecule has 1 aliphatic heterocycles. The molecule has 2 N–H and O–H groups in total. The number of hydrogen-bond donors (Lipinski definition) is 1. The van der Waals surface area contributed by atoms with Gasteiger partial charge in [-0.2, -0.15) is 11.8 Å². The van der Waals surface area contributed by atoms with Crippen molar-refractivity contribution >= 4 is 23.4 Å². The van der Waals surface area contributed by atoms with Crippen molar-refractivity contribution in [3.05, 3.63) is 29.3 Å². The molecule has 0 fully saturated rings. The minimum atomic E-state index is 0.144. The zero-order chi connectivity index (χ0) is 13.0. The van der Waals surface area contributed by atoms with Gasteiger partial charge in [-0.25, -0.2) is 0 Å². The van der Waals surface area contributed by atoms with Gasteiger partial charge in [0, 0.05) is 24.3 Å². The van der Waals surface area contributed by atoms with Gasteiger partial charge in [-0.1, -0.05) is 13.0 Å². The molecule has 3 nitrogen and oxygen atoms in total. The Morgan fingerprint density at radius 2 is 2.28 bits per heavy atom. The SMILES string of the molecule is CCSCCCN1CCc2ccc(N)cc2C1=O. The standard InChI is InChI=1S/C14H20N2OS/c1-2-18-9-3-7-16-8-6-11-4-5-12(15)10-13(11)14(16)17/h4-5,10H,2-3,6-9,15H2,1H3. The molecule has 0 bridgehead atoms. The number of amides is 1. The Morgan fingerprint density at radius 3 is 3.06 bits per heavy atom. The summed E-state index contributed by atoms with van der Waals surface area (Å²) < 4.78 is 0. The van der Waals surface area contributed by atoms with Gasteiger partial charge in [0.05, 0.1) is 0 Å². The zero-order valence-electron chi connectivity index (χ0n) is 10.8. The van der Waals surface area contributed by atoms with E-state index in [-0.39, 0.29) is 5.91 Å². The fourth-order valence-corrected chi connectivity index (χ4v) is 2.88. The van der Waals surface area contributed by atoms with Crippen molar-refractivity contribution in [3.8, 4) is 0 Å². The summed E-state index contributed by atoms with van der Waals surface area (Å²) in [4.78, 5) is 14.3. The topological polar surface area (TPSA) is 46.3 Å². The third kappa shape index (κ3) is 2.99. The number of hydrogen-bond acceptors (Lipinski definition) is 3. The molecule has 1 aromatic rings. The number of carbonyl (C=O) groups is 1. The van der Waals surface area contributed by atoms with Crippen LogP contribution in [0.4, 0.5) is 5.69 Å². The third-order valence-corrected chi connectivity index (χ3v) is 4.21. The normalized spacial score (nSPS) is 14.7. The zero-order valence-corrected chi connectivity index (χ0v) is 11.6. The lowest BCUT2D eigenvalue weighted by molar-refractivity contribution is 0.0740. The van der Waals surface area contributed by atoms with Gasteiger partial charge < -0.3 is 10.6 Å². The Bertz CT molecular complexity index is 434. The average Bonchev–Trinajstić information content (AvgIpc) is 2.38. The molecular weight excluding hydrogens is 244 g/mol. The summed E-state index contributed by atoms with van der Waals surface area (Å²) >= 11 is 1.93. The van der Waals surface area contributed by atoms with Crippen LogP contribution in [0.15, 0.2) is 18.2 Å². The Morgan fingerprint density at radius 1 is 1.44 bits per heavy atom. The van der Waals surface area contributed by atoms with Crippen LogP contribution in [0.5, 0.6) is 0 Å². The lowest BCUT2D eigenvalue weighted by Gasteiger charge is -2.28. The van der Waals surface area contributed by atoms with Gasteiger partial charge in [0.15, 0.2) is 0 Å². The summed E-state index contributed by atoms with van der Waals surface area (Å²) in [5.41, 5.74) is 8.36. The number of fused-ring (bicyclic) bond motifs is 1. The third-order valence-electron chi connectivity index (χ3n) is 3.22. The summed E-state index contributed by atoms with van der Waals surface area (Å²) in [6, 6.07) is 5.66. The molecule has 1 aliphatic rings. The van der Waals surface area contributed by atoms with E-state index in [2.05, 4.69) is 6.92 Å². The van der Waals surface area contributed by atoms with Crippen LogP contribution in [-0.4, -0.2) is 35.4 Å². The molecular formula is C14H20N2OS. The van der Waals surface area contributed by atoms with E-state index in [0.29, 0.717) is 5.69 Å². The van der Waals surface area contributed by atoms with E-state index < -0.39 is 0 Å². The number of carbonyl (C=O) groups excluding carboxylic acids is 1. The van der Waals surface area contributed by atoms with Gasteiger partial charge in [0.1, 0.15) is 0 Å². The van der Waals surface area contributed by atoms with Crippen molar-refractivity contribution in [2.75, 3.05) is 30.3 Å². The van der Waals surface area contributed by atoms with Gasteiger partial charge in [-0.05, 0) is 42.0 Å². The van der Waals surface area contributed by atoms with Crippen molar-refractivity contribution < 1.29 is 4.79 Å². The van der Waals surface area contributed by atoms with Gasteiger partial charge in [-0.15, -0.1) is 0 Å². The van der Waals surface area contributed by atoms with Gasteiger partial charge >= 0.3 is 0 Å². The fraction of sp³-hybridized carbons (Fsp3) is 0.500.